The summed E-state index contributed by atoms with van der Waals surface area (Å²) in [6.45, 7) is -2.14. The fourth-order valence-corrected chi connectivity index (χ4v) is 10.7. The van der Waals surface area contributed by atoms with E-state index in [-0.39, 0.29) is 149 Å². The molecule has 26 N–H and O–H groups in total. The molecule has 544 valence electrons. The van der Waals surface area contributed by atoms with Gasteiger partial charge in [-0.2, -0.15) is 0 Å². The molecule has 3 aliphatic heterocycles. The molecule has 0 bridgehead atoms. The second-order valence-corrected chi connectivity index (χ2v) is 24.1. The van der Waals surface area contributed by atoms with Crippen molar-refractivity contribution in [1.29, 1.82) is 0 Å². The summed E-state index contributed by atoms with van der Waals surface area (Å²) in [5.41, 5.74) is 28.3. The van der Waals surface area contributed by atoms with Crippen LogP contribution in [-0.4, -0.2) is 271 Å². The molecule has 3 saturated heterocycles. The van der Waals surface area contributed by atoms with Crippen molar-refractivity contribution < 1.29 is 87.5 Å². The Morgan fingerprint density at radius 1 is 0.417 bits per heavy atom. The molecule has 0 aromatic carbocycles. The number of nitrogens with one attached hydrogen (secondary N) is 12. The highest BCUT2D eigenvalue weighted by Crippen LogP contribution is 2.22. The minimum absolute atomic E-state index is 0.0244. The van der Waals surface area contributed by atoms with E-state index in [1.807, 2.05) is 0 Å². The maximum atomic E-state index is 14.8. The van der Waals surface area contributed by atoms with Crippen LogP contribution in [0.4, 0.5) is 0 Å². The van der Waals surface area contributed by atoms with Gasteiger partial charge in [0, 0.05) is 39.3 Å². The van der Waals surface area contributed by atoms with Crippen LogP contribution in [0.2, 0.25) is 0 Å². The van der Waals surface area contributed by atoms with Crippen LogP contribution in [0.3, 0.4) is 0 Å². The van der Waals surface area contributed by atoms with Gasteiger partial charge in [0.15, 0.2) is 0 Å². The van der Waals surface area contributed by atoms with Crippen molar-refractivity contribution in [1.82, 2.24) is 73.6 Å². The zero-order chi connectivity index (χ0) is 71.3. The van der Waals surface area contributed by atoms with Gasteiger partial charge in [-0.3, -0.25) is 67.1 Å². The molecule has 3 fully saturated rings. The minimum atomic E-state index is -1.40. The molecule has 0 saturated carbocycles. The Bertz CT molecular complexity index is 2590. The molecule has 0 aromatic rings. The van der Waals surface area contributed by atoms with E-state index in [0.717, 1.165) is 0 Å². The summed E-state index contributed by atoms with van der Waals surface area (Å²) in [5, 5.41) is 68.4. The predicted octanol–water partition coefficient (Wildman–Crippen LogP) is -10.3. The Hall–Kier alpha value is -7.78. The lowest BCUT2D eigenvalue weighted by Gasteiger charge is -2.30. The maximum absolute atomic E-state index is 14.8. The number of fused-ring (bicyclic) bond motifs is 2. The van der Waals surface area contributed by atoms with Crippen molar-refractivity contribution >= 4 is 82.7 Å². The molecular weight excluding hydrogens is 1260 g/mol. The molecule has 37 heteroatoms. The smallest absolute Gasteiger partial charge is 0.245 e. The molecule has 0 aliphatic carbocycles. The van der Waals surface area contributed by atoms with Gasteiger partial charge in [-0.1, -0.05) is 0 Å². The van der Waals surface area contributed by atoms with E-state index in [1.54, 1.807) is 0 Å². The predicted molar refractivity (Wildman–Crippen MR) is 343 cm³/mol. The van der Waals surface area contributed by atoms with Crippen LogP contribution < -0.4 is 92.5 Å². The lowest BCUT2D eigenvalue weighted by Crippen LogP contribution is -2.59. The van der Waals surface area contributed by atoms with Crippen LogP contribution in [0.15, 0.2) is 0 Å². The van der Waals surface area contributed by atoms with Gasteiger partial charge in [0.2, 0.25) is 82.7 Å². The summed E-state index contributed by atoms with van der Waals surface area (Å²) in [6.07, 6.45) is 2.85. The number of hydrogen-bond acceptors (Lipinski definition) is 23. The van der Waals surface area contributed by atoms with E-state index in [4.69, 9.17) is 28.7 Å². The Balaban J connectivity index is 2.10. The summed E-state index contributed by atoms with van der Waals surface area (Å²) in [5.74, 6) is -10.7. The van der Waals surface area contributed by atoms with Crippen molar-refractivity contribution in [2.75, 3.05) is 85.3 Å². The number of hydrogen-bond donors (Lipinski definition) is 21. The third kappa shape index (κ3) is 28.9. The molecule has 3 aliphatic rings. The average Bonchev–Trinajstić information content (AvgIpc) is 1.68. The zero-order valence-corrected chi connectivity index (χ0v) is 54.8. The van der Waals surface area contributed by atoms with Gasteiger partial charge < -0.3 is 123 Å². The number of aliphatic hydroxyl groups is 4. The number of amides is 14. The van der Waals surface area contributed by atoms with Crippen molar-refractivity contribution in [2.45, 2.75) is 201 Å². The molecule has 3 rings (SSSR count). The van der Waals surface area contributed by atoms with Crippen molar-refractivity contribution in [3.05, 3.63) is 0 Å². The Morgan fingerprint density at radius 2 is 0.708 bits per heavy atom. The van der Waals surface area contributed by atoms with E-state index >= 15 is 0 Å². The lowest BCUT2D eigenvalue weighted by atomic mass is 10.0. The van der Waals surface area contributed by atoms with E-state index in [0.29, 0.717) is 19.3 Å². The highest BCUT2D eigenvalue weighted by atomic mass is 16.3. The Kier molecular flexibility index (Phi) is 38.5. The SMILES string of the molecule is C[C@@H]1NC(=O)[C@H](CCCCNC(=O)[C@@H](N)CO)NC(=O)CNC(=O)[C@@H]2CCCN2C(=O)[C@H](CCCCNC(=O)[C@@H](N)CO)NC(=O)[C@H](CCCCN)NC(=O)[C@H](CCCCNC(=O)[C@@H](N)CO)NC(=O)CNC(=O)[C@@H]2CCCN2C(=O)[C@H](CCCCNC(=O)[C@@H](N)CO)NC1=O. The summed E-state index contributed by atoms with van der Waals surface area (Å²) in [6, 6.07) is -15.4. The fraction of sp³-hybridized carbons (Fsp3) is 0.763. The summed E-state index contributed by atoms with van der Waals surface area (Å²) in [7, 11) is 0. The summed E-state index contributed by atoms with van der Waals surface area (Å²) in [4.78, 5) is 194. The van der Waals surface area contributed by atoms with Crippen LogP contribution >= 0.6 is 0 Å². The Labute approximate surface area is 557 Å². The molecule has 0 spiro atoms. The fourth-order valence-electron chi connectivity index (χ4n) is 10.7. The number of carbonyl (C=O) groups excluding carboxylic acids is 14. The number of rotatable bonds is 32. The molecule has 37 nitrogen and oxygen atoms in total. The van der Waals surface area contributed by atoms with E-state index in [9.17, 15) is 87.5 Å². The second kappa shape index (κ2) is 44.9. The van der Waals surface area contributed by atoms with Gasteiger partial charge in [-0.15, -0.1) is 0 Å². The van der Waals surface area contributed by atoms with Gasteiger partial charge in [-0.25, -0.2) is 0 Å². The average molecular weight is 1370 g/mol. The lowest BCUT2D eigenvalue weighted by molar-refractivity contribution is -0.142. The standard InChI is InChI=1S/C59H105N19O18/c1-34-48(85)75-42(17-5-10-24-67-51(88)37(63)32-81)58(95)77-26-12-19-44(77)56(93)70-29-47(84)73-40(16-4-9-23-66-50(87)36(62)31-80)54(91)74-41(14-2-7-21-60)55(92)76-43(18-6-11-25-68-52(89)38(64)33-82)59(96)78-27-13-20-45(78)57(94)69-28-46(83)72-39(53(90)71-34)15-3-8-22-65-49(86)35(61)30-79/h34-45,79-82H,2-33,60-64H2,1H3,(H,65,86)(H,66,87)(H,67,88)(H,68,89)(H,69,94)(H,70,93)(H,71,90)(H,72,83)(H,73,84)(H,74,91)(H,75,85)(H,76,92)/t34-,35-,36-,37-,38-,39-,40-,41-,42-,43-,44-,45-/m0/s1. The van der Waals surface area contributed by atoms with Crippen LogP contribution in [-0.2, 0) is 67.1 Å². The third-order valence-corrected chi connectivity index (χ3v) is 16.4. The monoisotopic (exact) mass is 1370 g/mol. The largest absolute Gasteiger partial charge is 0.394 e. The molecule has 3 heterocycles. The number of aliphatic hydroxyl groups excluding tert-OH is 4. The zero-order valence-electron chi connectivity index (χ0n) is 54.8. The first-order valence-electron chi connectivity index (χ1n) is 33.1. The first-order valence-corrected chi connectivity index (χ1v) is 33.1. The van der Waals surface area contributed by atoms with E-state index < -0.39 is 195 Å². The van der Waals surface area contributed by atoms with Gasteiger partial charge in [0.25, 0.3) is 0 Å². The Morgan fingerprint density at radius 3 is 1.04 bits per heavy atom. The first-order chi connectivity index (χ1) is 45.8. The molecule has 12 atom stereocenters. The van der Waals surface area contributed by atoms with Gasteiger partial charge in [0.1, 0.15) is 72.5 Å². The number of unbranched alkanes of at least 4 members (excludes halogenated alkanes) is 5. The summed E-state index contributed by atoms with van der Waals surface area (Å²) >= 11 is 0. The maximum Gasteiger partial charge on any atom is 0.245 e. The van der Waals surface area contributed by atoms with Crippen molar-refractivity contribution in [3.8, 4) is 0 Å². The quantitative estimate of drug-likeness (QED) is 0.0278. The topological polar surface area (TPSA) is 601 Å². The number of nitrogens with zero attached hydrogens (tertiary/aromatic N) is 2. The van der Waals surface area contributed by atoms with Crippen molar-refractivity contribution in [3.63, 3.8) is 0 Å². The number of carbonyl (C=O) groups is 14. The van der Waals surface area contributed by atoms with Gasteiger partial charge in [-0.05, 0) is 135 Å². The van der Waals surface area contributed by atoms with E-state index in [2.05, 4.69) is 63.8 Å². The van der Waals surface area contributed by atoms with Crippen molar-refractivity contribution in [2.24, 2.45) is 28.7 Å². The minimum Gasteiger partial charge on any atom is -0.394 e. The van der Waals surface area contributed by atoms with Crippen LogP contribution in [0, 0.1) is 0 Å². The van der Waals surface area contributed by atoms with Gasteiger partial charge >= 0.3 is 0 Å². The second-order valence-electron chi connectivity index (χ2n) is 24.1. The molecule has 96 heavy (non-hydrogen) atoms. The van der Waals surface area contributed by atoms with Crippen LogP contribution in [0.1, 0.15) is 129 Å². The summed E-state index contributed by atoms with van der Waals surface area (Å²) < 4.78 is 0. The molecule has 0 aromatic heterocycles. The number of nitrogens with two attached hydrogens (primary N) is 5. The third-order valence-electron chi connectivity index (χ3n) is 16.4. The highest BCUT2D eigenvalue weighted by Gasteiger charge is 2.41. The molecule has 0 unspecified atom stereocenters. The molecule has 0 radical (unpaired) electrons. The highest BCUT2D eigenvalue weighted by molar-refractivity contribution is 5.99. The van der Waals surface area contributed by atoms with Crippen LogP contribution in [0.25, 0.3) is 0 Å². The molecule has 14 amide bonds. The van der Waals surface area contributed by atoms with E-state index in [1.165, 1.54) is 16.7 Å². The van der Waals surface area contributed by atoms with Gasteiger partial charge in [0.05, 0.1) is 39.5 Å². The molecular formula is C59H105N19O18. The van der Waals surface area contributed by atoms with Crippen LogP contribution in [0.5, 0.6) is 0 Å². The normalized spacial score (nSPS) is 23.8. The first kappa shape index (κ1) is 82.5.